The first kappa shape index (κ1) is 20.7. The fourth-order valence-corrected chi connectivity index (χ4v) is 5.73. The van der Waals surface area contributed by atoms with Gasteiger partial charge in [-0.05, 0) is 31.6 Å². The lowest BCUT2D eigenvalue weighted by Crippen LogP contribution is -2.50. The lowest BCUT2D eigenvalue weighted by molar-refractivity contribution is -0.121. The van der Waals surface area contributed by atoms with Gasteiger partial charge in [0, 0.05) is 32.1 Å². The zero-order chi connectivity index (χ0) is 16.0. The average Bonchev–Trinajstić information content (AvgIpc) is 2.98. The molecule has 2 fully saturated rings. The van der Waals surface area contributed by atoms with E-state index in [4.69, 9.17) is 5.73 Å². The second kappa shape index (κ2) is 9.81. The predicted octanol–water partition coefficient (Wildman–Crippen LogP) is 1.25. The minimum Gasteiger partial charge on any atom is -0.354 e. The fraction of sp³-hybridized carbons (Fsp3) is 0.933. The quantitative estimate of drug-likeness (QED) is 0.708. The Labute approximate surface area is 146 Å². The van der Waals surface area contributed by atoms with E-state index in [1.54, 1.807) is 4.31 Å². The van der Waals surface area contributed by atoms with Crippen LogP contribution in [0.2, 0.25) is 0 Å². The Morgan fingerprint density at radius 1 is 1.13 bits per heavy atom. The van der Waals surface area contributed by atoms with Crippen molar-refractivity contribution in [3.63, 3.8) is 0 Å². The van der Waals surface area contributed by atoms with Crippen LogP contribution in [0.4, 0.5) is 0 Å². The van der Waals surface area contributed by atoms with Gasteiger partial charge in [0.15, 0.2) is 0 Å². The Morgan fingerprint density at radius 3 is 2.43 bits per heavy atom. The van der Waals surface area contributed by atoms with Crippen molar-refractivity contribution in [3.05, 3.63) is 0 Å². The van der Waals surface area contributed by atoms with Gasteiger partial charge in [-0.1, -0.05) is 19.3 Å². The molecular weight excluding hydrogens is 338 g/mol. The molecule has 0 aromatic carbocycles. The molecule has 1 saturated heterocycles. The molecule has 3 N–H and O–H groups in total. The highest BCUT2D eigenvalue weighted by molar-refractivity contribution is 7.89. The van der Waals surface area contributed by atoms with E-state index in [-0.39, 0.29) is 30.1 Å². The van der Waals surface area contributed by atoms with Gasteiger partial charge >= 0.3 is 0 Å². The maximum absolute atomic E-state index is 12.7. The first-order valence-corrected chi connectivity index (χ1v) is 10.1. The van der Waals surface area contributed by atoms with Gasteiger partial charge in [0.2, 0.25) is 15.9 Å². The minimum absolute atomic E-state index is 0. The number of nitrogens with one attached hydrogen (secondary N) is 1. The molecule has 1 unspecified atom stereocenters. The van der Waals surface area contributed by atoms with Crippen LogP contribution in [0.3, 0.4) is 0 Å². The van der Waals surface area contributed by atoms with E-state index in [0.717, 1.165) is 44.9 Å². The van der Waals surface area contributed by atoms with Crippen molar-refractivity contribution in [2.75, 3.05) is 25.4 Å². The third-order valence-electron chi connectivity index (χ3n) is 4.76. The predicted molar refractivity (Wildman–Crippen MR) is 94.0 cm³/mol. The number of hydrogen-bond donors (Lipinski definition) is 2. The molecule has 1 heterocycles. The number of nitrogens with zero attached hydrogens (tertiary/aromatic N) is 1. The van der Waals surface area contributed by atoms with Crippen LogP contribution in [0.1, 0.15) is 51.4 Å². The minimum atomic E-state index is -3.22. The molecule has 2 aliphatic rings. The molecule has 0 aromatic heterocycles. The SMILES string of the molecule is Cl.NCCC(=O)NCC1CCCCN1S(=O)(=O)CC1CCCC1. The second-order valence-corrected chi connectivity index (χ2v) is 8.50. The number of hydrogen-bond acceptors (Lipinski definition) is 4. The summed E-state index contributed by atoms with van der Waals surface area (Å²) in [6.07, 6.45) is 7.42. The summed E-state index contributed by atoms with van der Waals surface area (Å²) in [6.45, 7) is 1.31. The molecule has 136 valence electrons. The number of sulfonamides is 1. The first-order chi connectivity index (χ1) is 10.5. The normalized spacial score (nSPS) is 23.4. The Kier molecular flexibility index (Phi) is 8.82. The van der Waals surface area contributed by atoms with Crippen molar-refractivity contribution < 1.29 is 13.2 Å². The smallest absolute Gasteiger partial charge is 0.221 e. The van der Waals surface area contributed by atoms with Gasteiger partial charge in [-0.25, -0.2) is 8.42 Å². The zero-order valence-electron chi connectivity index (χ0n) is 13.7. The number of halogens is 1. The second-order valence-electron chi connectivity index (χ2n) is 6.53. The van der Waals surface area contributed by atoms with Gasteiger partial charge in [0.25, 0.3) is 0 Å². The Bertz CT molecular complexity index is 467. The van der Waals surface area contributed by atoms with E-state index in [0.29, 0.717) is 32.0 Å². The average molecular weight is 368 g/mol. The molecule has 0 radical (unpaired) electrons. The summed E-state index contributed by atoms with van der Waals surface area (Å²) in [4.78, 5) is 11.6. The van der Waals surface area contributed by atoms with Crippen molar-refractivity contribution in [2.45, 2.75) is 57.4 Å². The highest BCUT2D eigenvalue weighted by atomic mass is 35.5. The van der Waals surface area contributed by atoms with Crippen molar-refractivity contribution >= 4 is 28.3 Å². The number of carbonyl (C=O) groups excluding carboxylic acids is 1. The molecule has 1 atom stereocenters. The molecule has 1 saturated carbocycles. The van der Waals surface area contributed by atoms with Crippen molar-refractivity contribution in [1.82, 2.24) is 9.62 Å². The van der Waals surface area contributed by atoms with Crippen LogP contribution >= 0.6 is 12.4 Å². The topological polar surface area (TPSA) is 92.5 Å². The van der Waals surface area contributed by atoms with Gasteiger partial charge < -0.3 is 11.1 Å². The number of piperidine rings is 1. The Morgan fingerprint density at radius 2 is 1.78 bits per heavy atom. The number of carbonyl (C=O) groups is 1. The van der Waals surface area contributed by atoms with Crippen molar-refractivity contribution in [3.8, 4) is 0 Å². The van der Waals surface area contributed by atoms with Crippen molar-refractivity contribution in [1.29, 1.82) is 0 Å². The summed E-state index contributed by atoms with van der Waals surface area (Å²) in [5.41, 5.74) is 5.36. The van der Waals surface area contributed by atoms with E-state index in [9.17, 15) is 13.2 Å². The summed E-state index contributed by atoms with van der Waals surface area (Å²) in [6, 6.07) is -0.0955. The molecule has 0 spiro atoms. The van der Waals surface area contributed by atoms with Crippen LogP contribution in [-0.2, 0) is 14.8 Å². The molecule has 0 aromatic rings. The summed E-state index contributed by atoms with van der Waals surface area (Å²) in [5.74, 6) is 0.501. The molecule has 1 aliphatic carbocycles. The summed E-state index contributed by atoms with van der Waals surface area (Å²) >= 11 is 0. The van der Waals surface area contributed by atoms with Crippen LogP contribution in [0.25, 0.3) is 0 Å². The van der Waals surface area contributed by atoms with E-state index in [2.05, 4.69) is 5.32 Å². The summed E-state index contributed by atoms with van der Waals surface area (Å²) in [5, 5.41) is 2.82. The highest BCUT2D eigenvalue weighted by Gasteiger charge is 2.34. The van der Waals surface area contributed by atoms with Crippen LogP contribution < -0.4 is 11.1 Å². The monoisotopic (exact) mass is 367 g/mol. The van der Waals surface area contributed by atoms with E-state index >= 15 is 0 Å². The van der Waals surface area contributed by atoms with E-state index < -0.39 is 10.0 Å². The molecule has 1 amide bonds. The molecule has 6 nitrogen and oxygen atoms in total. The fourth-order valence-electron chi connectivity index (χ4n) is 3.57. The lowest BCUT2D eigenvalue weighted by Gasteiger charge is -2.35. The maximum Gasteiger partial charge on any atom is 0.221 e. The van der Waals surface area contributed by atoms with Crippen LogP contribution in [-0.4, -0.2) is 50.1 Å². The molecule has 23 heavy (non-hydrogen) atoms. The zero-order valence-corrected chi connectivity index (χ0v) is 15.3. The van der Waals surface area contributed by atoms with Gasteiger partial charge in [-0.2, -0.15) is 4.31 Å². The van der Waals surface area contributed by atoms with Gasteiger partial charge in [0.05, 0.1) is 5.75 Å². The Hall–Kier alpha value is -0.370. The maximum atomic E-state index is 12.7. The lowest BCUT2D eigenvalue weighted by atomic mass is 10.1. The molecule has 2 rings (SSSR count). The van der Waals surface area contributed by atoms with Gasteiger partial charge in [0.1, 0.15) is 0 Å². The molecule has 0 bridgehead atoms. The molecular formula is C15H30ClN3O3S. The van der Waals surface area contributed by atoms with E-state index in [1.165, 1.54) is 0 Å². The number of amides is 1. The van der Waals surface area contributed by atoms with Crippen LogP contribution in [0, 0.1) is 5.92 Å². The highest BCUT2D eigenvalue weighted by Crippen LogP contribution is 2.29. The third-order valence-corrected chi connectivity index (χ3v) is 6.85. The number of rotatable bonds is 7. The largest absolute Gasteiger partial charge is 0.354 e. The van der Waals surface area contributed by atoms with E-state index in [1.807, 2.05) is 0 Å². The van der Waals surface area contributed by atoms with Crippen molar-refractivity contribution in [2.24, 2.45) is 11.7 Å². The van der Waals surface area contributed by atoms with Crippen LogP contribution in [0.15, 0.2) is 0 Å². The number of nitrogens with two attached hydrogens (primary N) is 1. The summed E-state index contributed by atoms with van der Waals surface area (Å²) < 4.78 is 27.1. The third kappa shape index (κ3) is 6.21. The van der Waals surface area contributed by atoms with Crippen LogP contribution in [0.5, 0.6) is 0 Å². The van der Waals surface area contributed by atoms with Gasteiger partial charge in [-0.15, -0.1) is 12.4 Å². The Balaban J connectivity index is 0.00000264. The van der Waals surface area contributed by atoms with Gasteiger partial charge in [-0.3, -0.25) is 4.79 Å². The molecule has 8 heteroatoms. The first-order valence-electron chi connectivity index (χ1n) is 8.49. The molecule has 1 aliphatic heterocycles. The standard InChI is InChI=1S/C15H29N3O3S.ClH/c16-9-8-15(19)17-11-14-7-3-4-10-18(14)22(20,21)12-13-5-1-2-6-13;/h13-14H,1-12,16H2,(H,17,19);1H. The summed E-state index contributed by atoms with van der Waals surface area (Å²) in [7, 11) is -3.22.